The summed E-state index contributed by atoms with van der Waals surface area (Å²) in [5.74, 6) is -0.809. The van der Waals surface area contributed by atoms with Gasteiger partial charge in [-0.1, -0.05) is 17.7 Å². The number of carbonyl (C=O) groups is 2. The number of rotatable bonds is 5. The van der Waals surface area contributed by atoms with Crippen LogP contribution >= 0.6 is 0 Å². The molecule has 3 aromatic rings. The molecular formula is C22H20N6O3. The number of nitrogens with zero attached hydrogens (tertiary/aromatic N) is 3. The van der Waals surface area contributed by atoms with Crippen molar-refractivity contribution in [1.29, 1.82) is 5.41 Å². The van der Waals surface area contributed by atoms with Crippen LogP contribution in [0.25, 0.3) is 0 Å². The summed E-state index contributed by atoms with van der Waals surface area (Å²) < 4.78 is 5.14. The van der Waals surface area contributed by atoms with Crippen molar-refractivity contribution < 1.29 is 14.3 Å². The standard InChI is InChI=1S/C22H20N6O3/c1-14-2-4-15(5-3-14)20(29)27-19-18(24-10-11-25-19)21(30)26-16-6-8-17(9-7-16)28-12-13-31-22(28)23/h2-11,23H,12-13H2,1H3,(H,26,30)(H,25,27,29). The van der Waals surface area contributed by atoms with E-state index >= 15 is 0 Å². The smallest absolute Gasteiger partial charge is 0.289 e. The van der Waals surface area contributed by atoms with Crippen LogP contribution in [-0.2, 0) is 4.74 Å². The van der Waals surface area contributed by atoms with Crippen LogP contribution in [0.4, 0.5) is 17.2 Å². The van der Waals surface area contributed by atoms with Crippen LogP contribution < -0.4 is 15.5 Å². The van der Waals surface area contributed by atoms with Crippen molar-refractivity contribution in [3.63, 3.8) is 0 Å². The third-order valence-corrected chi connectivity index (χ3v) is 4.69. The topological polar surface area (TPSA) is 120 Å². The molecule has 3 N–H and O–H groups in total. The van der Waals surface area contributed by atoms with Gasteiger partial charge in [0.25, 0.3) is 17.8 Å². The molecule has 9 heteroatoms. The minimum absolute atomic E-state index is 0.00163. The van der Waals surface area contributed by atoms with E-state index in [4.69, 9.17) is 10.1 Å². The summed E-state index contributed by atoms with van der Waals surface area (Å²) in [4.78, 5) is 35.2. The van der Waals surface area contributed by atoms with Crippen LogP contribution in [0.1, 0.15) is 26.4 Å². The van der Waals surface area contributed by atoms with Gasteiger partial charge in [0, 0.05) is 29.3 Å². The lowest BCUT2D eigenvalue weighted by atomic mass is 10.1. The third kappa shape index (κ3) is 4.50. The Morgan fingerprint density at radius 1 is 0.968 bits per heavy atom. The first-order valence-electron chi connectivity index (χ1n) is 9.60. The molecule has 2 heterocycles. The summed E-state index contributed by atoms with van der Waals surface area (Å²) in [6.45, 7) is 3.01. The Labute approximate surface area is 178 Å². The molecule has 2 amide bonds. The molecule has 9 nitrogen and oxygen atoms in total. The molecule has 31 heavy (non-hydrogen) atoms. The van der Waals surface area contributed by atoms with E-state index in [9.17, 15) is 9.59 Å². The summed E-state index contributed by atoms with van der Waals surface area (Å²) >= 11 is 0. The van der Waals surface area contributed by atoms with Crippen molar-refractivity contribution in [1.82, 2.24) is 9.97 Å². The van der Waals surface area contributed by atoms with E-state index < -0.39 is 5.91 Å². The van der Waals surface area contributed by atoms with E-state index in [1.807, 2.05) is 19.1 Å². The fourth-order valence-electron chi connectivity index (χ4n) is 3.05. The lowest BCUT2D eigenvalue weighted by Gasteiger charge is -2.15. The van der Waals surface area contributed by atoms with Gasteiger partial charge in [0.05, 0.1) is 6.54 Å². The molecule has 1 fully saturated rings. The van der Waals surface area contributed by atoms with E-state index in [1.54, 1.807) is 41.3 Å². The van der Waals surface area contributed by atoms with Crippen LogP contribution in [-0.4, -0.2) is 41.0 Å². The number of ether oxygens (including phenoxy) is 1. The number of hydrogen-bond acceptors (Lipinski definition) is 6. The van der Waals surface area contributed by atoms with Crippen LogP contribution in [0.15, 0.2) is 60.9 Å². The molecule has 0 spiro atoms. The number of aryl methyl sites for hydroxylation is 1. The maximum absolute atomic E-state index is 12.8. The quantitative estimate of drug-likeness (QED) is 0.588. The van der Waals surface area contributed by atoms with Gasteiger partial charge in [-0.15, -0.1) is 0 Å². The zero-order valence-corrected chi connectivity index (χ0v) is 16.8. The largest absolute Gasteiger partial charge is 0.463 e. The zero-order valence-electron chi connectivity index (χ0n) is 16.8. The second-order valence-corrected chi connectivity index (χ2v) is 6.88. The van der Waals surface area contributed by atoms with Gasteiger partial charge in [-0.05, 0) is 43.3 Å². The van der Waals surface area contributed by atoms with E-state index in [2.05, 4.69) is 20.6 Å². The Bertz CT molecular complexity index is 1130. The summed E-state index contributed by atoms with van der Waals surface area (Å²) in [5.41, 5.74) is 2.83. The molecule has 2 aromatic carbocycles. The Morgan fingerprint density at radius 2 is 1.68 bits per heavy atom. The first kappa shape index (κ1) is 20.0. The average Bonchev–Trinajstić information content (AvgIpc) is 3.21. The Morgan fingerprint density at radius 3 is 2.35 bits per heavy atom. The fraction of sp³-hybridized carbons (Fsp3) is 0.136. The van der Waals surface area contributed by atoms with Crippen LogP contribution in [0.2, 0.25) is 0 Å². The summed E-state index contributed by atoms with van der Waals surface area (Å²) in [7, 11) is 0. The van der Waals surface area contributed by atoms with Gasteiger partial charge in [-0.25, -0.2) is 9.97 Å². The highest BCUT2D eigenvalue weighted by Gasteiger charge is 2.21. The highest BCUT2D eigenvalue weighted by Crippen LogP contribution is 2.21. The molecule has 0 saturated carbocycles. The third-order valence-electron chi connectivity index (χ3n) is 4.69. The lowest BCUT2D eigenvalue weighted by Crippen LogP contribution is -2.24. The molecular weight excluding hydrogens is 396 g/mol. The lowest BCUT2D eigenvalue weighted by molar-refractivity contribution is 0.102. The highest BCUT2D eigenvalue weighted by atomic mass is 16.5. The minimum atomic E-state index is -0.502. The van der Waals surface area contributed by atoms with Crippen molar-refractivity contribution in [2.24, 2.45) is 0 Å². The first-order chi connectivity index (χ1) is 15.0. The van der Waals surface area contributed by atoms with Gasteiger partial charge < -0.3 is 15.4 Å². The van der Waals surface area contributed by atoms with Crippen LogP contribution in [0.3, 0.4) is 0 Å². The highest BCUT2D eigenvalue weighted by molar-refractivity contribution is 6.10. The first-order valence-corrected chi connectivity index (χ1v) is 9.60. The van der Waals surface area contributed by atoms with Gasteiger partial charge in [-0.2, -0.15) is 0 Å². The van der Waals surface area contributed by atoms with Gasteiger partial charge in [0.15, 0.2) is 11.5 Å². The second-order valence-electron chi connectivity index (χ2n) is 6.88. The Hall–Kier alpha value is -4.27. The number of anilines is 3. The Kier molecular flexibility index (Phi) is 5.57. The molecule has 0 aliphatic carbocycles. The maximum atomic E-state index is 12.8. The Balaban J connectivity index is 1.47. The van der Waals surface area contributed by atoms with Crippen molar-refractivity contribution in [3.05, 3.63) is 77.7 Å². The molecule has 0 bridgehead atoms. The van der Waals surface area contributed by atoms with Gasteiger partial charge >= 0.3 is 0 Å². The molecule has 0 unspecified atom stereocenters. The average molecular weight is 416 g/mol. The molecule has 0 radical (unpaired) electrons. The molecule has 156 valence electrons. The molecule has 4 rings (SSSR count). The number of nitrogens with one attached hydrogen (secondary N) is 3. The van der Waals surface area contributed by atoms with E-state index in [0.29, 0.717) is 24.4 Å². The van der Waals surface area contributed by atoms with Crippen molar-refractivity contribution in [2.45, 2.75) is 6.92 Å². The van der Waals surface area contributed by atoms with Crippen molar-refractivity contribution in [2.75, 3.05) is 28.7 Å². The SMILES string of the molecule is Cc1ccc(C(=O)Nc2nccnc2C(=O)Nc2ccc(N3CCOC3=N)cc2)cc1. The van der Waals surface area contributed by atoms with Crippen molar-refractivity contribution in [3.8, 4) is 0 Å². The monoisotopic (exact) mass is 416 g/mol. The van der Waals surface area contributed by atoms with Gasteiger partial charge in [0.2, 0.25) is 0 Å². The predicted molar refractivity (Wildman–Crippen MR) is 117 cm³/mol. The molecule has 1 saturated heterocycles. The van der Waals surface area contributed by atoms with Crippen molar-refractivity contribution >= 4 is 35.0 Å². The molecule has 1 aliphatic rings. The van der Waals surface area contributed by atoms with Gasteiger partial charge in [0.1, 0.15) is 6.61 Å². The number of amides is 2. The summed E-state index contributed by atoms with van der Waals surface area (Å²) in [5, 5.41) is 13.2. The van der Waals surface area contributed by atoms with E-state index in [1.165, 1.54) is 12.4 Å². The van der Waals surface area contributed by atoms with E-state index in [0.717, 1.165) is 11.3 Å². The normalized spacial score (nSPS) is 12.9. The number of benzene rings is 2. The minimum Gasteiger partial charge on any atom is -0.463 e. The fourth-order valence-corrected chi connectivity index (χ4v) is 3.05. The van der Waals surface area contributed by atoms with Crippen LogP contribution in [0, 0.1) is 12.3 Å². The number of amidine groups is 1. The zero-order chi connectivity index (χ0) is 21.8. The number of aromatic nitrogens is 2. The number of hydrogen-bond donors (Lipinski definition) is 3. The second kappa shape index (κ2) is 8.62. The van der Waals surface area contributed by atoms with Crippen LogP contribution in [0.5, 0.6) is 0 Å². The molecule has 1 aliphatic heterocycles. The number of carbonyl (C=O) groups excluding carboxylic acids is 2. The van der Waals surface area contributed by atoms with E-state index in [-0.39, 0.29) is 23.4 Å². The molecule has 1 aromatic heterocycles. The predicted octanol–water partition coefficient (Wildman–Crippen LogP) is 3.06. The summed E-state index contributed by atoms with van der Waals surface area (Å²) in [6, 6.07) is 14.2. The van der Waals surface area contributed by atoms with Gasteiger partial charge in [-0.3, -0.25) is 19.9 Å². The summed E-state index contributed by atoms with van der Waals surface area (Å²) in [6.07, 6.45) is 2.79. The molecule has 0 atom stereocenters. The maximum Gasteiger partial charge on any atom is 0.289 e.